The van der Waals surface area contributed by atoms with Crippen molar-refractivity contribution in [2.45, 2.75) is 83.6 Å². The molecule has 15 heteroatoms. The quantitative estimate of drug-likeness (QED) is 0.0479. The Labute approximate surface area is 389 Å². The van der Waals surface area contributed by atoms with Crippen LogP contribution in [-0.4, -0.2) is 73.3 Å². The van der Waals surface area contributed by atoms with Gasteiger partial charge in [-0.15, -0.1) is 11.6 Å². The lowest BCUT2D eigenvalue weighted by atomic mass is 9.95. The maximum absolute atomic E-state index is 13.8. The van der Waals surface area contributed by atoms with Gasteiger partial charge >= 0.3 is 18.2 Å². The van der Waals surface area contributed by atoms with E-state index in [1.807, 2.05) is 99.6 Å². The molecular formula is C51H57ClN6O8. The number of nitrogens with one attached hydrogen (secondary N) is 4. The van der Waals surface area contributed by atoms with Crippen LogP contribution < -0.4 is 36.6 Å². The van der Waals surface area contributed by atoms with Gasteiger partial charge in [0, 0.05) is 47.9 Å². The normalized spacial score (nSPS) is 15.0. The number of primary amides is 1. The molecule has 7 rings (SSSR count). The highest BCUT2D eigenvalue weighted by atomic mass is 35.5. The molecule has 346 valence electrons. The molecule has 1 aliphatic carbocycles. The lowest BCUT2D eigenvalue weighted by molar-refractivity contribution is -0.128. The molecule has 0 radical (unpaired) electrons. The van der Waals surface area contributed by atoms with Crippen LogP contribution in [0.25, 0.3) is 21.9 Å². The summed E-state index contributed by atoms with van der Waals surface area (Å²) < 4.78 is 17.9. The van der Waals surface area contributed by atoms with Gasteiger partial charge in [0.15, 0.2) is 0 Å². The molecule has 6 amide bonds. The van der Waals surface area contributed by atoms with Crippen molar-refractivity contribution in [3.05, 3.63) is 125 Å². The van der Waals surface area contributed by atoms with E-state index < -0.39 is 47.7 Å². The van der Waals surface area contributed by atoms with Crippen molar-refractivity contribution in [2.24, 2.45) is 11.7 Å². The highest BCUT2D eigenvalue weighted by Crippen LogP contribution is 2.47. The number of carbonyl (C=O) groups excluding carboxylic acids is 5. The fourth-order valence-electron chi connectivity index (χ4n) is 8.57. The number of ether oxygens (including phenoxy) is 3. The number of nitrogens with zero attached hydrogens (tertiary/aromatic N) is 1. The van der Waals surface area contributed by atoms with E-state index in [0.717, 1.165) is 44.2 Å². The van der Waals surface area contributed by atoms with Gasteiger partial charge < -0.3 is 41.2 Å². The summed E-state index contributed by atoms with van der Waals surface area (Å²) >= 11 is 6.44. The summed E-state index contributed by atoms with van der Waals surface area (Å²) in [5.74, 6) is -0.753. The smallest absolute Gasteiger partial charge is 0.414 e. The number of urea groups is 1. The molecule has 6 N–H and O–H groups in total. The number of benzene rings is 5. The fraction of sp³-hybridized carbons (Fsp3) is 0.353. The fourth-order valence-corrected chi connectivity index (χ4v) is 8.82. The standard InChI is InChI=1S/C51H57ClN6O8/c1-30(2)45(57-49(62)65-29-40-36-15-8-6-13-34(36)35-14-7-9-16-37(35)40)47(60)56-41(19-12-24-54-48(53)61)46(59)55-33-22-20-31(21-23-33)28-64-43-25-42-44(39-18-11-10-17-38(39)43)32(26-52)27-58(42)50(63)66-51(3,4)5/h6-11,13-18,20-23,25,30,32,40-41,45H,12,19,24,26-29H2,1-5H3,(H,55,59)(H,56,60)(H,57,62)(H3,53,54,61)/t32-,41+,45+/m1/s1. The van der Waals surface area contributed by atoms with Crippen LogP contribution in [0.5, 0.6) is 5.75 Å². The van der Waals surface area contributed by atoms with Crippen molar-refractivity contribution in [2.75, 3.05) is 35.8 Å². The number of anilines is 2. The summed E-state index contributed by atoms with van der Waals surface area (Å²) in [7, 11) is 0. The molecule has 3 atom stereocenters. The van der Waals surface area contributed by atoms with E-state index in [0.29, 0.717) is 36.0 Å². The summed E-state index contributed by atoms with van der Waals surface area (Å²) in [6.07, 6.45) is -0.730. The number of rotatable bonds is 16. The van der Waals surface area contributed by atoms with Crippen LogP contribution in [0.4, 0.5) is 25.8 Å². The Hall–Kier alpha value is -6.80. The summed E-state index contributed by atoms with van der Waals surface area (Å²) in [6.45, 7) is 9.88. The minimum absolute atomic E-state index is 0.0734. The van der Waals surface area contributed by atoms with Gasteiger partial charge in [-0.25, -0.2) is 14.4 Å². The molecule has 0 saturated heterocycles. The maximum Gasteiger partial charge on any atom is 0.414 e. The molecule has 0 bridgehead atoms. The molecule has 5 aromatic rings. The third-order valence-corrected chi connectivity index (χ3v) is 12.1. The Balaban J connectivity index is 0.997. The SMILES string of the molecule is CC(C)[C@H](NC(=O)OCC1c2ccccc2-c2ccccc21)C(=O)N[C@@H](CCCNC(N)=O)C(=O)Nc1ccc(COc2cc3c(c4ccccc24)[C@H](CCl)CN3C(=O)OC(C)(C)C)cc1. The number of carbonyl (C=O) groups is 5. The molecule has 0 spiro atoms. The number of halogens is 1. The largest absolute Gasteiger partial charge is 0.488 e. The Bertz CT molecular complexity index is 2550. The van der Waals surface area contributed by atoms with Gasteiger partial charge in [0.05, 0.1) is 5.69 Å². The average molecular weight is 918 g/mol. The molecule has 66 heavy (non-hydrogen) atoms. The van der Waals surface area contributed by atoms with Crippen molar-refractivity contribution in [1.82, 2.24) is 16.0 Å². The van der Waals surface area contributed by atoms with Crippen molar-refractivity contribution in [3.8, 4) is 16.9 Å². The third kappa shape index (κ3) is 11.0. The predicted molar refractivity (Wildman–Crippen MR) is 256 cm³/mol. The Kier molecular flexibility index (Phi) is 14.7. The maximum atomic E-state index is 13.8. The van der Waals surface area contributed by atoms with Gasteiger partial charge in [0.2, 0.25) is 11.8 Å². The zero-order valence-electron chi connectivity index (χ0n) is 37.8. The number of alkyl carbamates (subject to hydrolysis) is 1. The number of fused-ring (bicyclic) bond motifs is 6. The molecule has 5 aromatic carbocycles. The van der Waals surface area contributed by atoms with E-state index in [4.69, 9.17) is 31.5 Å². The van der Waals surface area contributed by atoms with Gasteiger partial charge in [-0.05, 0) is 90.4 Å². The van der Waals surface area contributed by atoms with Gasteiger partial charge in [-0.2, -0.15) is 0 Å². The number of nitrogens with two attached hydrogens (primary N) is 1. The van der Waals surface area contributed by atoms with Gasteiger partial charge in [-0.3, -0.25) is 14.5 Å². The second kappa shape index (κ2) is 20.6. The number of hydrogen-bond donors (Lipinski definition) is 5. The molecule has 2 aliphatic rings. The minimum atomic E-state index is -1.03. The molecule has 1 aliphatic heterocycles. The first-order valence-electron chi connectivity index (χ1n) is 22.2. The van der Waals surface area contributed by atoms with E-state index in [2.05, 4.69) is 33.4 Å². The summed E-state index contributed by atoms with van der Waals surface area (Å²) in [5.41, 5.74) is 11.8. The van der Waals surface area contributed by atoms with Gasteiger partial charge in [0.1, 0.15) is 36.6 Å². The summed E-state index contributed by atoms with van der Waals surface area (Å²) in [5, 5.41) is 12.8. The number of amides is 6. The number of hydrogen-bond acceptors (Lipinski definition) is 8. The molecule has 0 unspecified atom stereocenters. The first-order valence-corrected chi connectivity index (χ1v) is 22.7. The average Bonchev–Trinajstić information content (AvgIpc) is 3.83. The van der Waals surface area contributed by atoms with Crippen LogP contribution >= 0.6 is 11.6 Å². The topological polar surface area (TPSA) is 190 Å². The van der Waals surface area contributed by atoms with Crippen LogP contribution in [0, 0.1) is 5.92 Å². The van der Waals surface area contributed by atoms with Gasteiger partial charge in [0.25, 0.3) is 0 Å². The van der Waals surface area contributed by atoms with E-state index in [9.17, 15) is 24.0 Å². The van der Waals surface area contributed by atoms with Gasteiger partial charge in [-0.1, -0.05) is 98.8 Å². The predicted octanol–water partition coefficient (Wildman–Crippen LogP) is 8.93. The molecule has 14 nitrogen and oxygen atoms in total. The second-order valence-electron chi connectivity index (χ2n) is 18.0. The minimum Gasteiger partial charge on any atom is -0.488 e. The van der Waals surface area contributed by atoms with Crippen LogP contribution in [0.15, 0.2) is 103 Å². The van der Waals surface area contributed by atoms with E-state index in [1.165, 1.54) is 0 Å². The van der Waals surface area contributed by atoms with Crippen LogP contribution in [-0.2, 0) is 25.7 Å². The van der Waals surface area contributed by atoms with Crippen molar-refractivity contribution < 1.29 is 38.2 Å². The Morgan fingerprint density at radius 1 is 0.833 bits per heavy atom. The monoisotopic (exact) mass is 916 g/mol. The molecule has 0 aromatic heterocycles. The second-order valence-corrected chi connectivity index (χ2v) is 18.3. The van der Waals surface area contributed by atoms with Crippen molar-refractivity contribution in [3.63, 3.8) is 0 Å². The van der Waals surface area contributed by atoms with Crippen LogP contribution in [0.3, 0.4) is 0 Å². The zero-order chi connectivity index (χ0) is 47.1. The van der Waals surface area contributed by atoms with Crippen molar-refractivity contribution >= 4 is 63.8 Å². The highest BCUT2D eigenvalue weighted by Gasteiger charge is 2.37. The number of alkyl halides is 1. The lowest BCUT2D eigenvalue weighted by Crippen LogP contribution is -2.54. The Morgan fingerprint density at radius 3 is 2.09 bits per heavy atom. The van der Waals surface area contributed by atoms with E-state index in [-0.39, 0.29) is 43.9 Å². The lowest BCUT2D eigenvalue weighted by Gasteiger charge is -2.25. The first kappa shape index (κ1) is 47.2. The molecule has 0 saturated carbocycles. The first-order chi connectivity index (χ1) is 31.6. The zero-order valence-corrected chi connectivity index (χ0v) is 38.6. The third-order valence-electron chi connectivity index (χ3n) is 11.7. The van der Waals surface area contributed by atoms with Crippen LogP contribution in [0.2, 0.25) is 0 Å². The Morgan fingerprint density at radius 2 is 1.47 bits per heavy atom. The highest BCUT2D eigenvalue weighted by molar-refractivity contribution is 6.19. The van der Waals surface area contributed by atoms with E-state index in [1.54, 1.807) is 30.9 Å². The molecule has 1 heterocycles. The van der Waals surface area contributed by atoms with Crippen LogP contribution in [0.1, 0.15) is 81.5 Å². The van der Waals surface area contributed by atoms with Crippen molar-refractivity contribution in [1.29, 1.82) is 0 Å². The molecule has 0 fully saturated rings. The summed E-state index contributed by atoms with van der Waals surface area (Å²) in [4.78, 5) is 67.3. The summed E-state index contributed by atoms with van der Waals surface area (Å²) in [6, 6.07) is 30.1. The van der Waals surface area contributed by atoms with E-state index >= 15 is 0 Å². The molecular weight excluding hydrogens is 860 g/mol.